The van der Waals surface area contributed by atoms with Gasteiger partial charge in [0, 0.05) is 25.5 Å². The van der Waals surface area contributed by atoms with E-state index in [9.17, 15) is 0 Å². The predicted octanol–water partition coefficient (Wildman–Crippen LogP) is -0.130. The summed E-state index contributed by atoms with van der Waals surface area (Å²) in [6.45, 7) is 4.10. The molecule has 0 aliphatic rings. The molecule has 0 spiro atoms. The second kappa shape index (κ2) is 5.35. The molecule has 0 unspecified atom stereocenters. The Morgan fingerprint density at radius 2 is 2.47 bits per heavy atom. The maximum Gasteiger partial charge on any atom is 0.153 e. The average Bonchev–Trinajstić information content (AvgIpc) is 2.61. The molecule has 0 saturated carbocycles. The molecule has 15 heavy (non-hydrogen) atoms. The van der Waals surface area contributed by atoms with Gasteiger partial charge in [-0.2, -0.15) is 0 Å². The Hall–Kier alpha value is -1.56. The minimum absolute atomic E-state index is 0.222. The Morgan fingerprint density at radius 1 is 1.73 bits per heavy atom. The quantitative estimate of drug-likeness (QED) is 0.308. The zero-order valence-electron chi connectivity index (χ0n) is 9.09. The van der Waals surface area contributed by atoms with Gasteiger partial charge in [-0.3, -0.25) is 4.90 Å². The molecule has 0 amide bonds. The molecule has 0 radical (unpaired) electrons. The summed E-state index contributed by atoms with van der Waals surface area (Å²) in [4.78, 5) is 6.11. The number of nitrogens with two attached hydrogens (primary N) is 1. The lowest BCUT2D eigenvalue weighted by molar-refractivity contribution is 0.307. The van der Waals surface area contributed by atoms with Crippen LogP contribution in [0.2, 0.25) is 0 Å². The van der Waals surface area contributed by atoms with E-state index in [0.29, 0.717) is 6.54 Å². The molecule has 1 aromatic rings. The number of imidazole rings is 1. The van der Waals surface area contributed by atoms with E-state index in [4.69, 9.17) is 10.9 Å². The number of rotatable bonds is 5. The molecule has 1 heterocycles. The first-order valence-electron chi connectivity index (χ1n) is 4.76. The van der Waals surface area contributed by atoms with E-state index in [1.807, 2.05) is 25.1 Å². The van der Waals surface area contributed by atoms with Gasteiger partial charge >= 0.3 is 0 Å². The first-order valence-corrected chi connectivity index (χ1v) is 4.76. The molecule has 3 N–H and O–H groups in total. The Kier molecular flexibility index (Phi) is 4.11. The summed E-state index contributed by atoms with van der Waals surface area (Å²) in [5.41, 5.74) is 5.39. The van der Waals surface area contributed by atoms with Crippen LogP contribution in [0.25, 0.3) is 0 Å². The fraction of sp³-hybridized carbons (Fsp3) is 0.556. The largest absolute Gasteiger partial charge is 0.409 e. The van der Waals surface area contributed by atoms with Crippen LogP contribution in [-0.2, 0) is 6.54 Å². The third kappa shape index (κ3) is 3.59. The number of likely N-dealkylation sites (N-methyl/N-ethyl adjacent to an activating group) is 1. The van der Waals surface area contributed by atoms with Crippen LogP contribution in [-0.4, -0.2) is 45.6 Å². The Labute approximate surface area is 89.0 Å². The maximum absolute atomic E-state index is 8.40. The Balaban J connectivity index is 2.34. The van der Waals surface area contributed by atoms with E-state index in [1.165, 1.54) is 0 Å². The SMILES string of the molecule is Cc1nccn1CCN(C)CC(N)=NO. The van der Waals surface area contributed by atoms with Crippen molar-refractivity contribution in [2.75, 3.05) is 20.1 Å². The summed E-state index contributed by atoms with van der Waals surface area (Å²) in [5, 5.41) is 11.3. The molecule has 0 atom stereocenters. The van der Waals surface area contributed by atoms with Gasteiger partial charge < -0.3 is 15.5 Å². The van der Waals surface area contributed by atoms with Crippen LogP contribution in [0, 0.1) is 6.92 Å². The number of amidine groups is 1. The van der Waals surface area contributed by atoms with Crippen LogP contribution in [0.1, 0.15) is 5.82 Å². The van der Waals surface area contributed by atoms with Gasteiger partial charge in [-0.05, 0) is 14.0 Å². The minimum atomic E-state index is 0.222. The highest BCUT2D eigenvalue weighted by atomic mass is 16.4. The monoisotopic (exact) mass is 211 g/mol. The summed E-state index contributed by atoms with van der Waals surface area (Å²) < 4.78 is 2.06. The van der Waals surface area contributed by atoms with Gasteiger partial charge in [0.1, 0.15) is 5.82 Å². The molecule has 0 aliphatic carbocycles. The number of hydrogen-bond donors (Lipinski definition) is 2. The van der Waals surface area contributed by atoms with E-state index >= 15 is 0 Å². The van der Waals surface area contributed by atoms with Crippen molar-refractivity contribution in [3.05, 3.63) is 18.2 Å². The van der Waals surface area contributed by atoms with Crippen LogP contribution in [0.5, 0.6) is 0 Å². The molecular formula is C9H17N5O. The highest BCUT2D eigenvalue weighted by Crippen LogP contribution is 1.95. The van der Waals surface area contributed by atoms with Gasteiger partial charge in [-0.25, -0.2) is 4.98 Å². The second-order valence-electron chi connectivity index (χ2n) is 3.50. The zero-order valence-corrected chi connectivity index (χ0v) is 9.09. The molecule has 0 fully saturated rings. The van der Waals surface area contributed by atoms with Gasteiger partial charge in [0.15, 0.2) is 5.84 Å². The fourth-order valence-electron chi connectivity index (χ4n) is 1.31. The summed E-state index contributed by atoms with van der Waals surface area (Å²) in [6.07, 6.45) is 3.71. The smallest absolute Gasteiger partial charge is 0.153 e. The third-order valence-corrected chi connectivity index (χ3v) is 2.21. The number of aryl methyl sites for hydroxylation is 1. The van der Waals surface area contributed by atoms with Crippen LogP contribution in [0.15, 0.2) is 17.5 Å². The highest BCUT2D eigenvalue weighted by Gasteiger charge is 2.02. The van der Waals surface area contributed by atoms with Gasteiger partial charge in [0.2, 0.25) is 0 Å². The van der Waals surface area contributed by atoms with Gasteiger partial charge in [0.25, 0.3) is 0 Å². The van der Waals surface area contributed by atoms with Crippen molar-refractivity contribution < 1.29 is 5.21 Å². The van der Waals surface area contributed by atoms with Crippen molar-refractivity contribution in [2.45, 2.75) is 13.5 Å². The molecule has 0 aromatic carbocycles. The predicted molar refractivity (Wildman–Crippen MR) is 57.9 cm³/mol. The highest BCUT2D eigenvalue weighted by molar-refractivity contribution is 5.81. The lowest BCUT2D eigenvalue weighted by atomic mass is 10.4. The fourth-order valence-corrected chi connectivity index (χ4v) is 1.31. The molecule has 1 rings (SSSR count). The van der Waals surface area contributed by atoms with E-state index in [-0.39, 0.29) is 5.84 Å². The summed E-state index contributed by atoms with van der Waals surface area (Å²) in [7, 11) is 1.92. The molecule has 6 nitrogen and oxygen atoms in total. The van der Waals surface area contributed by atoms with Crippen molar-refractivity contribution in [3.63, 3.8) is 0 Å². The lowest BCUT2D eigenvalue weighted by Gasteiger charge is -2.16. The summed E-state index contributed by atoms with van der Waals surface area (Å²) in [6, 6.07) is 0. The molecule has 0 aliphatic heterocycles. The zero-order chi connectivity index (χ0) is 11.3. The molecule has 6 heteroatoms. The first kappa shape index (κ1) is 11.5. The number of nitrogens with zero attached hydrogens (tertiary/aromatic N) is 4. The Morgan fingerprint density at radius 3 is 3.00 bits per heavy atom. The average molecular weight is 211 g/mol. The minimum Gasteiger partial charge on any atom is -0.409 e. The van der Waals surface area contributed by atoms with Crippen molar-refractivity contribution in [1.82, 2.24) is 14.5 Å². The van der Waals surface area contributed by atoms with Crippen LogP contribution in [0.3, 0.4) is 0 Å². The summed E-state index contributed by atoms with van der Waals surface area (Å²) >= 11 is 0. The number of oxime groups is 1. The molecular weight excluding hydrogens is 194 g/mol. The van der Waals surface area contributed by atoms with Crippen molar-refractivity contribution in [1.29, 1.82) is 0 Å². The van der Waals surface area contributed by atoms with Crippen LogP contribution < -0.4 is 5.73 Å². The Bertz CT molecular complexity index is 333. The number of aromatic nitrogens is 2. The maximum atomic E-state index is 8.40. The van der Waals surface area contributed by atoms with E-state index in [2.05, 4.69) is 14.7 Å². The first-order chi connectivity index (χ1) is 7.13. The lowest BCUT2D eigenvalue weighted by Crippen LogP contribution is -2.33. The normalized spacial score (nSPS) is 12.3. The molecule has 84 valence electrons. The second-order valence-corrected chi connectivity index (χ2v) is 3.50. The topological polar surface area (TPSA) is 79.7 Å². The molecule has 0 saturated heterocycles. The van der Waals surface area contributed by atoms with Crippen molar-refractivity contribution >= 4 is 5.84 Å². The number of hydrogen-bond acceptors (Lipinski definition) is 4. The van der Waals surface area contributed by atoms with Crippen LogP contribution >= 0.6 is 0 Å². The van der Waals surface area contributed by atoms with E-state index in [0.717, 1.165) is 18.9 Å². The molecule has 0 bridgehead atoms. The third-order valence-electron chi connectivity index (χ3n) is 2.21. The molecule has 1 aromatic heterocycles. The van der Waals surface area contributed by atoms with Crippen LogP contribution in [0.4, 0.5) is 0 Å². The van der Waals surface area contributed by atoms with Crippen molar-refractivity contribution in [3.8, 4) is 0 Å². The van der Waals surface area contributed by atoms with Gasteiger partial charge in [-0.1, -0.05) is 5.16 Å². The van der Waals surface area contributed by atoms with E-state index < -0.39 is 0 Å². The van der Waals surface area contributed by atoms with E-state index in [1.54, 1.807) is 6.20 Å². The van der Waals surface area contributed by atoms with Gasteiger partial charge in [0.05, 0.1) is 6.54 Å². The summed E-state index contributed by atoms with van der Waals surface area (Å²) in [5.74, 6) is 1.21. The standard InChI is InChI=1S/C9H17N5O/c1-8-11-3-4-14(8)6-5-13(2)7-9(10)12-15/h3-4,15H,5-7H2,1-2H3,(H2,10,12). The van der Waals surface area contributed by atoms with Crippen molar-refractivity contribution in [2.24, 2.45) is 10.9 Å². The van der Waals surface area contributed by atoms with Gasteiger partial charge in [-0.15, -0.1) is 0 Å².